The van der Waals surface area contributed by atoms with Crippen LogP contribution in [0, 0.1) is 13.8 Å². The van der Waals surface area contributed by atoms with Crippen LogP contribution >= 0.6 is 8.25 Å². The normalized spacial score (nSPS) is 11.0. The summed E-state index contributed by atoms with van der Waals surface area (Å²) in [6, 6.07) is 11.9. The molecule has 0 N–H and O–H groups in total. The predicted octanol–water partition coefficient (Wildman–Crippen LogP) is 6.67. The third-order valence-corrected chi connectivity index (χ3v) is 4.62. The summed E-state index contributed by atoms with van der Waals surface area (Å²) < 4.78 is 23.8. The van der Waals surface area contributed by atoms with Crippen LogP contribution in [-0.4, -0.2) is 0 Å². The van der Waals surface area contributed by atoms with E-state index in [0.29, 0.717) is 11.5 Å². The van der Waals surface area contributed by atoms with Crippen molar-refractivity contribution in [2.45, 2.75) is 53.4 Å². The highest BCUT2D eigenvalue weighted by atomic mass is 31.1. The summed E-state index contributed by atoms with van der Waals surface area (Å²) in [6.45, 7) is 12.3. The van der Waals surface area contributed by atoms with E-state index in [9.17, 15) is 4.57 Å². The van der Waals surface area contributed by atoms with Crippen molar-refractivity contribution in [1.29, 1.82) is 0 Å². The highest BCUT2D eigenvalue weighted by molar-refractivity contribution is 7.34. The number of aryl methyl sites for hydroxylation is 2. The van der Waals surface area contributed by atoms with Crippen LogP contribution in [0.2, 0.25) is 0 Å². The maximum Gasteiger partial charge on any atom is 0.492 e. The second-order valence-corrected chi connectivity index (χ2v) is 7.61. The molecule has 2 aromatic rings. The molecule has 2 aromatic carbocycles. The molecular formula is C20H26O3P. The van der Waals surface area contributed by atoms with Crippen LogP contribution in [0.15, 0.2) is 36.4 Å². The molecule has 2 rings (SSSR count). The van der Waals surface area contributed by atoms with E-state index in [1.54, 1.807) is 0 Å². The van der Waals surface area contributed by atoms with E-state index >= 15 is 0 Å². The third kappa shape index (κ3) is 4.58. The van der Waals surface area contributed by atoms with Gasteiger partial charge in [0.25, 0.3) is 0 Å². The molecule has 0 aliphatic carbocycles. The molecule has 0 bridgehead atoms. The largest absolute Gasteiger partial charge is 0.492 e. The summed E-state index contributed by atoms with van der Waals surface area (Å²) in [4.78, 5) is 0. The highest BCUT2D eigenvalue weighted by Crippen LogP contribution is 2.38. The summed E-state index contributed by atoms with van der Waals surface area (Å²) in [6.07, 6.45) is 0. The molecule has 0 unspecified atom stereocenters. The summed E-state index contributed by atoms with van der Waals surface area (Å²) in [7, 11) is -2.29. The fourth-order valence-electron chi connectivity index (χ4n) is 2.57. The Morgan fingerprint density at radius 1 is 0.750 bits per heavy atom. The fraction of sp³-hybridized carbons (Fsp3) is 0.400. The first kappa shape index (κ1) is 18.5. The highest BCUT2D eigenvalue weighted by Gasteiger charge is 2.16. The lowest BCUT2D eigenvalue weighted by molar-refractivity contribution is 0.410. The maximum atomic E-state index is 12.5. The lowest BCUT2D eigenvalue weighted by Crippen LogP contribution is -1.98. The van der Waals surface area contributed by atoms with Crippen molar-refractivity contribution in [2.24, 2.45) is 0 Å². The van der Waals surface area contributed by atoms with E-state index < -0.39 is 8.25 Å². The summed E-state index contributed by atoms with van der Waals surface area (Å²) in [5.74, 6) is 1.83. The lowest BCUT2D eigenvalue weighted by Gasteiger charge is -2.16. The Hall–Kier alpha value is -1.86. The van der Waals surface area contributed by atoms with Crippen LogP contribution in [0.5, 0.6) is 11.5 Å². The number of benzene rings is 2. The van der Waals surface area contributed by atoms with Gasteiger partial charge in [0, 0.05) is 0 Å². The minimum atomic E-state index is -2.29. The number of hydrogen-bond acceptors (Lipinski definition) is 3. The zero-order valence-electron chi connectivity index (χ0n) is 15.3. The Kier molecular flexibility index (Phi) is 6.01. The van der Waals surface area contributed by atoms with Crippen molar-refractivity contribution in [1.82, 2.24) is 0 Å². The molecule has 4 heteroatoms. The Morgan fingerprint density at radius 2 is 1.12 bits per heavy atom. The van der Waals surface area contributed by atoms with E-state index in [4.69, 9.17) is 9.05 Å². The Bertz CT molecular complexity index is 674. The minimum Gasteiger partial charge on any atom is -0.388 e. The molecule has 0 aliphatic rings. The molecule has 24 heavy (non-hydrogen) atoms. The number of hydrogen-bond donors (Lipinski definition) is 0. The Morgan fingerprint density at radius 3 is 1.46 bits per heavy atom. The van der Waals surface area contributed by atoms with Gasteiger partial charge in [-0.05, 0) is 60.1 Å². The SMILES string of the molecule is Cc1ccc(C(C)C)c(O[P](=O)Oc2cc(C)ccc2C(C)C)c1. The fourth-order valence-corrected chi connectivity index (χ4v) is 3.25. The van der Waals surface area contributed by atoms with E-state index in [2.05, 4.69) is 27.7 Å². The van der Waals surface area contributed by atoms with Gasteiger partial charge < -0.3 is 9.05 Å². The van der Waals surface area contributed by atoms with Crippen LogP contribution in [0.1, 0.15) is 61.8 Å². The van der Waals surface area contributed by atoms with Gasteiger partial charge in [-0.15, -0.1) is 0 Å². The molecule has 0 amide bonds. The van der Waals surface area contributed by atoms with E-state index in [1.165, 1.54) is 0 Å². The Labute approximate surface area is 146 Å². The van der Waals surface area contributed by atoms with Crippen molar-refractivity contribution in [3.05, 3.63) is 58.7 Å². The molecule has 0 saturated carbocycles. The van der Waals surface area contributed by atoms with Crippen LogP contribution in [0.25, 0.3) is 0 Å². The van der Waals surface area contributed by atoms with Crippen molar-refractivity contribution in [2.75, 3.05) is 0 Å². The molecule has 0 heterocycles. The van der Waals surface area contributed by atoms with E-state index in [1.807, 2.05) is 50.2 Å². The van der Waals surface area contributed by atoms with Crippen molar-refractivity contribution < 1.29 is 13.6 Å². The number of rotatable bonds is 6. The van der Waals surface area contributed by atoms with E-state index in [0.717, 1.165) is 22.3 Å². The molecule has 3 nitrogen and oxygen atoms in total. The van der Waals surface area contributed by atoms with Gasteiger partial charge in [-0.3, -0.25) is 0 Å². The van der Waals surface area contributed by atoms with Gasteiger partial charge in [0.05, 0.1) is 0 Å². The molecule has 0 aliphatic heterocycles. The summed E-state index contributed by atoms with van der Waals surface area (Å²) in [5.41, 5.74) is 4.19. The molecule has 0 fully saturated rings. The standard InChI is InChI=1S/C20H26O3P/c1-13(2)17-9-7-15(5)11-19(17)22-24(21)23-20-12-16(6)8-10-18(20)14(3)4/h7-14H,1-6H3. The maximum absolute atomic E-state index is 12.5. The topological polar surface area (TPSA) is 35.5 Å². The average Bonchev–Trinajstić information content (AvgIpc) is 2.46. The first-order valence-electron chi connectivity index (χ1n) is 8.32. The zero-order chi connectivity index (χ0) is 17.9. The van der Waals surface area contributed by atoms with Crippen molar-refractivity contribution >= 4 is 8.25 Å². The van der Waals surface area contributed by atoms with Crippen LogP contribution in [-0.2, 0) is 4.57 Å². The summed E-state index contributed by atoms with van der Waals surface area (Å²) >= 11 is 0. The molecule has 0 atom stereocenters. The molecule has 0 saturated heterocycles. The second-order valence-electron chi connectivity index (χ2n) is 6.80. The summed E-state index contributed by atoms with van der Waals surface area (Å²) in [5, 5.41) is 0. The molecule has 129 valence electrons. The van der Waals surface area contributed by atoms with Crippen LogP contribution in [0.3, 0.4) is 0 Å². The van der Waals surface area contributed by atoms with Crippen LogP contribution < -0.4 is 9.05 Å². The van der Waals surface area contributed by atoms with Crippen molar-refractivity contribution in [3.8, 4) is 11.5 Å². The van der Waals surface area contributed by atoms with Crippen LogP contribution in [0.4, 0.5) is 0 Å². The van der Waals surface area contributed by atoms with Gasteiger partial charge in [0.15, 0.2) is 0 Å². The first-order chi connectivity index (χ1) is 11.3. The van der Waals surface area contributed by atoms with Gasteiger partial charge >= 0.3 is 8.25 Å². The average molecular weight is 345 g/mol. The lowest BCUT2D eigenvalue weighted by atomic mass is 10.0. The minimum absolute atomic E-state index is 0.286. The van der Waals surface area contributed by atoms with Gasteiger partial charge in [0.2, 0.25) is 0 Å². The molecular weight excluding hydrogens is 319 g/mol. The predicted molar refractivity (Wildman–Crippen MR) is 99.4 cm³/mol. The van der Waals surface area contributed by atoms with Gasteiger partial charge in [-0.25, -0.2) is 0 Å². The quantitative estimate of drug-likeness (QED) is 0.549. The Balaban J connectivity index is 2.24. The smallest absolute Gasteiger partial charge is 0.388 e. The van der Waals surface area contributed by atoms with Gasteiger partial charge in [-0.1, -0.05) is 52.0 Å². The monoisotopic (exact) mass is 345 g/mol. The van der Waals surface area contributed by atoms with E-state index in [-0.39, 0.29) is 11.8 Å². The third-order valence-electron chi connectivity index (χ3n) is 3.93. The van der Waals surface area contributed by atoms with Crippen molar-refractivity contribution in [3.63, 3.8) is 0 Å². The first-order valence-corrected chi connectivity index (χ1v) is 9.41. The zero-order valence-corrected chi connectivity index (χ0v) is 16.2. The molecule has 0 aromatic heterocycles. The molecule has 1 radical (unpaired) electrons. The van der Waals surface area contributed by atoms with Gasteiger partial charge in [0.1, 0.15) is 11.5 Å². The van der Waals surface area contributed by atoms with Gasteiger partial charge in [-0.2, -0.15) is 4.57 Å². The molecule has 0 spiro atoms. The second kappa shape index (κ2) is 7.81.